The van der Waals surface area contributed by atoms with E-state index >= 15 is 0 Å². The molecule has 102 valence electrons. The van der Waals surface area contributed by atoms with Crippen molar-refractivity contribution in [1.29, 1.82) is 0 Å². The minimum Gasteiger partial charge on any atom is -0.652 e. The summed E-state index contributed by atoms with van der Waals surface area (Å²) >= 11 is 0. The molecule has 6 nitrogen and oxygen atoms in total. The Hall–Kier alpha value is 1.30. The SMILES string of the molecule is O=C([O-])[O-].O=S(=O)(c1ccc(O)cc1)C(F)(F)F.[K+].[K+]. The summed E-state index contributed by atoms with van der Waals surface area (Å²) in [4.78, 5) is 7.45. The van der Waals surface area contributed by atoms with Gasteiger partial charge in [-0.05, 0) is 30.4 Å². The molecule has 0 bridgehead atoms. The summed E-state index contributed by atoms with van der Waals surface area (Å²) in [6.45, 7) is 0. The van der Waals surface area contributed by atoms with Crippen molar-refractivity contribution in [3.8, 4) is 5.75 Å². The molecule has 0 aliphatic rings. The van der Waals surface area contributed by atoms with Crippen LogP contribution < -0.4 is 113 Å². The van der Waals surface area contributed by atoms with E-state index in [1.165, 1.54) is 0 Å². The molecule has 0 aliphatic heterocycles. The standard InChI is InChI=1S/C7H5F3O3S.CH2O3.2K/c8-7(9,10)14(12,13)6-3-1-5(11)2-4-6;2-1(3)4;;/h1-4,11H;(H2,2,3,4);;/q;;2*+1/p-2. The zero-order valence-electron chi connectivity index (χ0n) is 10.3. The molecule has 0 heterocycles. The number of carbonyl (C=O) groups excluding carboxylic acids is 1. The number of sulfone groups is 1. The summed E-state index contributed by atoms with van der Waals surface area (Å²) in [6.07, 6.45) is -2.33. The minimum absolute atomic E-state index is 0. The largest absolute Gasteiger partial charge is 1.00 e. The van der Waals surface area contributed by atoms with E-state index in [4.69, 9.17) is 20.1 Å². The zero-order valence-corrected chi connectivity index (χ0v) is 17.4. The predicted octanol–water partition coefficient (Wildman–Crippen LogP) is -6.75. The zero-order chi connectivity index (χ0) is 14.6. The average molecular weight is 364 g/mol. The van der Waals surface area contributed by atoms with Gasteiger partial charge in [0.2, 0.25) is 0 Å². The van der Waals surface area contributed by atoms with Crippen molar-refractivity contribution in [2.24, 2.45) is 0 Å². The fourth-order valence-electron chi connectivity index (χ4n) is 0.759. The first-order valence-electron chi connectivity index (χ1n) is 3.97. The van der Waals surface area contributed by atoms with E-state index in [-0.39, 0.29) is 109 Å². The Balaban J connectivity index is -0.000000429. The van der Waals surface area contributed by atoms with E-state index in [0.717, 1.165) is 12.1 Å². The van der Waals surface area contributed by atoms with Crippen molar-refractivity contribution in [3.63, 3.8) is 0 Å². The Bertz CT molecular complexity index is 510. The molecule has 0 aromatic heterocycles. The van der Waals surface area contributed by atoms with Crippen LogP contribution in [0.1, 0.15) is 0 Å². The van der Waals surface area contributed by atoms with Crippen LogP contribution in [0.3, 0.4) is 0 Å². The van der Waals surface area contributed by atoms with Crippen LogP contribution >= 0.6 is 0 Å². The van der Waals surface area contributed by atoms with Gasteiger partial charge in [0.05, 0.1) is 4.90 Å². The van der Waals surface area contributed by atoms with E-state index in [2.05, 4.69) is 0 Å². The molecule has 20 heavy (non-hydrogen) atoms. The molecule has 0 unspecified atom stereocenters. The maximum absolute atomic E-state index is 12.0. The van der Waals surface area contributed by atoms with Crippen LogP contribution in [0.4, 0.5) is 18.0 Å². The van der Waals surface area contributed by atoms with Crippen LogP contribution in [0.15, 0.2) is 29.2 Å². The first-order chi connectivity index (χ1) is 7.98. The summed E-state index contributed by atoms with van der Waals surface area (Å²) in [5.41, 5.74) is -5.32. The Morgan fingerprint density at radius 2 is 1.35 bits per heavy atom. The molecule has 0 atom stereocenters. The molecule has 1 N–H and O–H groups in total. The average Bonchev–Trinajstić information content (AvgIpc) is 2.15. The molecule has 0 spiro atoms. The van der Waals surface area contributed by atoms with Crippen molar-refractivity contribution in [2.45, 2.75) is 10.4 Å². The molecule has 0 saturated heterocycles. The minimum atomic E-state index is -5.32. The van der Waals surface area contributed by atoms with Gasteiger partial charge in [-0.15, -0.1) is 0 Å². The van der Waals surface area contributed by atoms with Gasteiger partial charge in [0, 0.05) is 0 Å². The Morgan fingerprint density at radius 1 is 1.05 bits per heavy atom. The van der Waals surface area contributed by atoms with Crippen LogP contribution in [0.5, 0.6) is 5.75 Å². The number of rotatable bonds is 1. The van der Waals surface area contributed by atoms with Gasteiger partial charge in [0.25, 0.3) is 9.84 Å². The third kappa shape index (κ3) is 9.35. The molecule has 0 amide bonds. The first-order valence-corrected chi connectivity index (χ1v) is 5.45. The third-order valence-electron chi connectivity index (χ3n) is 1.45. The number of aromatic hydroxyl groups is 1. The van der Waals surface area contributed by atoms with E-state index in [0.29, 0.717) is 12.1 Å². The summed E-state index contributed by atoms with van der Waals surface area (Å²) in [6, 6.07) is 3.13. The van der Waals surface area contributed by atoms with Crippen molar-refractivity contribution in [3.05, 3.63) is 24.3 Å². The van der Waals surface area contributed by atoms with Crippen LogP contribution in [0, 0.1) is 0 Å². The van der Waals surface area contributed by atoms with E-state index in [1.54, 1.807) is 0 Å². The number of benzene rings is 1. The molecule has 0 saturated carbocycles. The summed E-state index contributed by atoms with van der Waals surface area (Å²) < 4.78 is 57.4. The van der Waals surface area contributed by atoms with Gasteiger partial charge in [-0.3, -0.25) is 0 Å². The van der Waals surface area contributed by atoms with Crippen molar-refractivity contribution >= 4 is 16.0 Å². The molecule has 1 aromatic rings. The first kappa shape index (κ1) is 26.2. The van der Waals surface area contributed by atoms with Gasteiger partial charge in [-0.25, -0.2) is 8.42 Å². The molecular weight excluding hydrogens is 359 g/mol. The normalized spacial score (nSPS) is 10.2. The molecule has 12 heteroatoms. The smallest absolute Gasteiger partial charge is 0.652 e. The number of carbonyl (C=O) groups is 1. The quantitative estimate of drug-likeness (QED) is 0.495. The van der Waals surface area contributed by atoms with Crippen molar-refractivity contribution < 1.29 is 144 Å². The number of alkyl halides is 3. The fraction of sp³-hybridized carbons (Fsp3) is 0.125. The van der Waals surface area contributed by atoms with Crippen LogP contribution in [0.25, 0.3) is 0 Å². The molecule has 1 aromatic carbocycles. The molecular formula is C8H5F3K2O6S. The van der Waals surface area contributed by atoms with Crippen LogP contribution in [-0.4, -0.2) is 25.2 Å². The predicted molar refractivity (Wildman–Crippen MR) is 46.7 cm³/mol. The summed E-state index contributed by atoms with van der Waals surface area (Å²) in [5.74, 6) is -0.300. The number of hydrogen-bond donors (Lipinski definition) is 1. The topological polar surface area (TPSA) is 118 Å². The second-order valence-corrected chi connectivity index (χ2v) is 4.63. The maximum Gasteiger partial charge on any atom is 1.00 e. The summed E-state index contributed by atoms with van der Waals surface area (Å²) in [5, 5.41) is 25.4. The van der Waals surface area contributed by atoms with E-state index in [9.17, 15) is 21.6 Å². The number of hydrogen-bond acceptors (Lipinski definition) is 6. The fourth-order valence-corrected chi connectivity index (χ4v) is 1.52. The number of carboxylic acid groups (broad SMARTS) is 2. The maximum atomic E-state index is 12.0. The molecule has 0 aliphatic carbocycles. The number of halogens is 3. The van der Waals surface area contributed by atoms with E-state index in [1.807, 2.05) is 0 Å². The third-order valence-corrected chi connectivity index (χ3v) is 2.95. The molecule has 1 rings (SSSR count). The van der Waals surface area contributed by atoms with Gasteiger partial charge in [0.1, 0.15) is 5.75 Å². The Morgan fingerprint density at radius 3 is 1.60 bits per heavy atom. The Kier molecular flexibility index (Phi) is 14.3. The number of phenolic OH excluding ortho intramolecular Hbond substituents is 1. The van der Waals surface area contributed by atoms with Crippen molar-refractivity contribution in [1.82, 2.24) is 0 Å². The van der Waals surface area contributed by atoms with Gasteiger partial charge < -0.3 is 20.1 Å². The number of phenols is 1. The van der Waals surface area contributed by atoms with Crippen molar-refractivity contribution in [2.75, 3.05) is 0 Å². The van der Waals surface area contributed by atoms with Gasteiger partial charge in [0.15, 0.2) is 0 Å². The van der Waals surface area contributed by atoms with Crippen LogP contribution in [-0.2, 0) is 9.84 Å². The van der Waals surface area contributed by atoms with Crippen LogP contribution in [0.2, 0.25) is 0 Å². The molecule has 0 fully saturated rings. The van der Waals surface area contributed by atoms with Gasteiger partial charge in [-0.2, -0.15) is 13.2 Å². The second kappa shape index (κ2) is 10.9. The summed E-state index contributed by atoms with van der Waals surface area (Å²) in [7, 11) is -5.30. The second-order valence-electron chi connectivity index (χ2n) is 2.69. The van der Waals surface area contributed by atoms with E-state index < -0.39 is 26.4 Å². The monoisotopic (exact) mass is 364 g/mol. The Labute approximate surface area is 197 Å². The van der Waals surface area contributed by atoms with Gasteiger partial charge in [-0.1, -0.05) is 0 Å². The molecule has 0 radical (unpaired) electrons. The van der Waals surface area contributed by atoms with Gasteiger partial charge >= 0.3 is 108 Å².